The molecule has 3 rings (SSSR count). The number of hydrogen-bond acceptors (Lipinski definition) is 3. The number of pyridine rings is 1. The lowest BCUT2D eigenvalue weighted by molar-refractivity contribution is -0.141. The van der Waals surface area contributed by atoms with E-state index in [-0.39, 0.29) is 35.5 Å². The van der Waals surface area contributed by atoms with E-state index < -0.39 is 52.1 Å². The molecule has 2 aromatic carbocycles. The van der Waals surface area contributed by atoms with E-state index >= 15 is 0 Å². The normalized spacial score (nSPS) is 13.3. The van der Waals surface area contributed by atoms with Crippen LogP contribution in [0.15, 0.2) is 48.5 Å². The summed E-state index contributed by atoms with van der Waals surface area (Å²) in [7, 11) is -1.33. The van der Waals surface area contributed by atoms with E-state index in [0.717, 1.165) is 18.2 Å². The van der Waals surface area contributed by atoms with Crippen molar-refractivity contribution in [3.8, 4) is 11.3 Å². The van der Waals surface area contributed by atoms with Gasteiger partial charge in [0.15, 0.2) is 0 Å². The lowest BCUT2D eigenvalue weighted by Gasteiger charge is -2.16. The summed E-state index contributed by atoms with van der Waals surface area (Å²) >= 11 is 0. The van der Waals surface area contributed by atoms with Crippen LogP contribution in [-0.2, 0) is 35.0 Å². The highest BCUT2D eigenvalue weighted by Crippen LogP contribution is 2.32. The summed E-state index contributed by atoms with van der Waals surface area (Å²) in [4.78, 5) is 16.2. The predicted octanol–water partition coefficient (Wildman–Crippen LogP) is 4.99. The number of halogens is 6. The van der Waals surface area contributed by atoms with E-state index in [9.17, 15) is 35.3 Å². The van der Waals surface area contributed by atoms with Crippen molar-refractivity contribution in [2.75, 3.05) is 6.26 Å². The highest BCUT2D eigenvalue weighted by atomic mass is 32.2. The molecule has 2 N–H and O–H groups in total. The summed E-state index contributed by atoms with van der Waals surface area (Å²) in [6, 6.07) is 8.17. The first-order chi connectivity index (χ1) is 16.8. The molecule has 2 atom stereocenters. The SMILES string of the molecule is CC(C(=O)NCc1ccc(C(F)(F)F)nc1-c1cc(F)cc(F)c1)c1ccc(CNS(C)=O)c(F)c1. The third-order valence-electron chi connectivity index (χ3n) is 5.29. The molecule has 0 saturated carbocycles. The Balaban J connectivity index is 1.82. The first kappa shape index (κ1) is 27.3. The second kappa shape index (κ2) is 11.2. The quantitative estimate of drug-likeness (QED) is 0.404. The average molecular weight is 530 g/mol. The smallest absolute Gasteiger partial charge is 0.351 e. The zero-order chi connectivity index (χ0) is 26.6. The van der Waals surface area contributed by atoms with Gasteiger partial charge in [-0.3, -0.25) is 4.79 Å². The monoisotopic (exact) mass is 529 g/mol. The molecular formula is C24H21F6N3O2S. The molecule has 0 fully saturated rings. The molecule has 0 aliphatic carbocycles. The number of nitrogens with one attached hydrogen (secondary N) is 2. The molecule has 1 aromatic heterocycles. The van der Waals surface area contributed by atoms with Gasteiger partial charge >= 0.3 is 6.18 Å². The topological polar surface area (TPSA) is 71.1 Å². The lowest BCUT2D eigenvalue weighted by Crippen LogP contribution is -2.28. The maximum Gasteiger partial charge on any atom is 0.433 e. The van der Waals surface area contributed by atoms with Crippen LogP contribution in [0.4, 0.5) is 26.3 Å². The van der Waals surface area contributed by atoms with Gasteiger partial charge in [-0.1, -0.05) is 18.2 Å². The van der Waals surface area contributed by atoms with Crippen molar-refractivity contribution < 1.29 is 35.3 Å². The van der Waals surface area contributed by atoms with Gasteiger partial charge in [0.1, 0.15) is 23.1 Å². The summed E-state index contributed by atoms with van der Waals surface area (Å²) in [6.07, 6.45) is -3.39. The average Bonchev–Trinajstić information content (AvgIpc) is 2.79. The Hall–Kier alpha value is -3.25. The molecule has 0 spiro atoms. The van der Waals surface area contributed by atoms with E-state index in [4.69, 9.17) is 0 Å². The first-order valence-electron chi connectivity index (χ1n) is 10.5. The van der Waals surface area contributed by atoms with Gasteiger partial charge in [0.2, 0.25) is 5.91 Å². The Morgan fingerprint density at radius 2 is 1.61 bits per heavy atom. The zero-order valence-corrected chi connectivity index (χ0v) is 19.9. The summed E-state index contributed by atoms with van der Waals surface area (Å²) in [5, 5.41) is 2.55. The molecule has 192 valence electrons. The first-order valence-corrected chi connectivity index (χ1v) is 12.1. The number of nitrogens with zero attached hydrogens (tertiary/aromatic N) is 1. The molecule has 1 heterocycles. The Labute approximate surface area is 205 Å². The van der Waals surface area contributed by atoms with Crippen LogP contribution in [0.5, 0.6) is 0 Å². The largest absolute Gasteiger partial charge is 0.433 e. The zero-order valence-electron chi connectivity index (χ0n) is 19.1. The molecule has 2 unspecified atom stereocenters. The molecule has 36 heavy (non-hydrogen) atoms. The number of hydrogen-bond donors (Lipinski definition) is 2. The number of benzene rings is 2. The van der Waals surface area contributed by atoms with Gasteiger partial charge in [0, 0.05) is 36.5 Å². The van der Waals surface area contributed by atoms with Gasteiger partial charge in [0.05, 0.1) is 22.6 Å². The third-order valence-corrected chi connectivity index (χ3v) is 5.85. The van der Waals surface area contributed by atoms with Gasteiger partial charge < -0.3 is 5.32 Å². The molecule has 5 nitrogen and oxygen atoms in total. The Morgan fingerprint density at radius 1 is 0.972 bits per heavy atom. The lowest BCUT2D eigenvalue weighted by atomic mass is 9.98. The van der Waals surface area contributed by atoms with Gasteiger partial charge in [-0.2, -0.15) is 13.2 Å². The van der Waals surface area contributed by atoms with Crippen molar-refractivity contribution in [2.24, 2.45) is 0 Å². The fourth-order valence-corrected chi connectivity index (χ4v) is 3.73. The van der Waals surface area contributed by atoms with Crippen molar-refractivity contribution in [1.29, 1.82) is 0 Å². The van der Waals surface area contributed by atoms with Gasteiger partial charge in [-0.15, -0.1) is 0 Å². The van der Waals surface area contributed by atoms with Gasteiger partial charge in [0.25, 0.3) is 0 Å². The van der Waals surface area contributed by atoms with Crippen LogP contribution < -0.4 is 10.0 Å². The fraction of sp³-hybridized carbons (Fsp3) is 0.250. The highest BCUT2D eigenvalue weighted by Gasteiger charge is 2.33. The number of alkyl halides is 3. The van der Waals surface area contributed by atoms with Crippen molar-refractivity contribution in [3.63, 3.8) is 0 Å². The number of carbonyl (C=O) groups is 1. The number of aromatic nitrogens is 1. The van der Waals surface area contributed by atoms with Crippen LogP contribution in [-0.4, -0.2) is 21.4 Å². The molecule has 0 bridgehead atoms. The van der Waals surface area contributed by atoms with E-state index in [1.165, 1.54) is 31.4 Å². The van der Waals surface area contributed by atoms with Crippen LogP contribution in [0.1, 0.15) is 35.2 Å². The minimum atomic E-state index is -4.80. The van der Waals surface area contributed by atoms with Crippen LogP contribution in [0.25, 0.3) is 11.3 Å². The number of amides is 1. The minimum absolute atomic E-state index is 0.0280. The van der Waals surface area contributed by atoms with Crippen molar-refractivity contribution >= 4 is 16.9 Å². The van der Waals surface area contributed by atoms with Crippen molar-refractivity contribution in [1.82, 2.24) is 15.0 Å². The molecule has 0 aliphatic heterocycles. The standard InChI is InChI=1S/C24H21F6N3O2S/c1-13(14-3-4-15(20(27)9-14)12-32-36(2)35)23(34)31-11-16-5-6-21(24(28,29)30)33-22(16)17-7-18(25)10-19(26)8-17/h3-10,13,32H,11-12H2,1-2H3,(H,31,34). The second-order valence-corrected chi connectivity index (χ2v) is 9.12. The molecule has 0 aliphatic rings. The van der Waals surface area contributed by atoms with E-state index in [2.05, 4.69) is 15.0 Å². The Bertz CT molecular complexity index is 1280. The van der Waals surface area contributed by atoms with Crippen LogP contribution >= 0.6 is 0 Å². The van der Waals surface area contributed by atoms with E-state index in [0.29, 0.717) is 17.7 Å². The second-order valence-electron chi connectivity index (χ2n) is 7.93. The minimum Gasteiger partial charge on any atom is -0.351 e. The maximum absolute atomic E-state index is 14.4. The summed E-state index contributed by atoms with van der Waals surface area (Å²) in [5.41, 5.74) is -1.15. The van der Waals surface area contributed by atoms with Crippen molar-refractivity contribution in [3.05, 3.63) is 88.4 Å². The summed E-state index contributed by atoms with van der Waals surface area (Å²) in [5.74, 6) is -4.00. The highest BCUT2D eigenvalue weighted by molar-refractivity contribution is 7.82. The molecule has 12 heteroatoms. The molecule has 0 saturated heterocycles. The van der Waals surface area contributed by atoms with Gasteiger partial charge in [-0.05, 0) is 42.3 Å². The molecule has 1 amide bonds. The molecular weight excluding hydrogens is 508 g/mol. The van der Waals surface area contributed by atoms with E-state index in [1.807, 2.05) is 0 Å². The maximum atomic E-state index is 14.4. The Kier molecular flexibility index (Phi) is 8.51. The Morgan fingerprint density at radius 3 is 2.19 bits per heavy atom. The summed E-state index contributed by atoms with van der Waals surface area (Å²) in [6.45, 7) is 1.24. The van der Waals surface area contributed by atoms with Crippen LogP contribution in [0.2, 0.25) is 0 Å². The van der Waals surface area contributed by atoms with E-state index in [1.54, 1.807) is 0 Å². The van der Waals surface area contributed by atoms with Crippen molar-refractivity contribution in [2.45, 2.75) is 32.1 Å². The molecule has 0 radical (unpaired) electrons. The number of rotatable bonds is 8. The van der Waals surface area contributed by atoms with Crippen LogP contribution in [0.3, 0.4) is 0 Å². The van der Waals surface area contributed by atoms with Crippen LogP contribution in [0, 0.1) is 17.5 Å². The van der Waals surface area contributed by atoms with Gasteiger partial charge in [-0.25, -0.2) is 27.1 Å². The third kappa shape index (κ3) is 6.91. The summed E-state index contributed by atoms with van der Waals surface area (Å²) < 4.78 is 95.1. The number of carbonyl (C=O) groups excluding carboxylic acids is 1. The fourth-order valence-electron chi connectivity index (χ4n) is 3.37. The molecule has 3 aromatic rings. The predicted molar refractivity (Wildman–Crippen MR) is 122 cm³/mol.